The summed E-state index contributed by atoms with van der Waals surface area (Å²) in [6, 6.07) is 0. The first-order chi connectivity index (χ1) is 17.2. The molecule has 1 aliphatic heterocycles. The summed E-state index contributed by atoms with van der Waals surface area (Å²) in [4.78, 5) is 71.6. The van der Waals surface area contributed by atoms with E-state index in [1.165, 1.54) is 17.1 Å². The molecule has 0 aromatic carbocycles. The number of hydrogen-bond acceptors (Lipinski definition) is 9. The van der Waals surface area contributed by atoms with Crippen LogP contribution in [0.15, 0.2) is 12.2 Å². The first-order valence-corrected chi connectivity index (χ1v) is 14.6. The zero-order chi connectivity index (χ0) is 26.8. The van der Waals surface area contributed by atoms with Crippen LogP contribution in [-0.4, -0.2) is 82.4 Å². The van der Waals surface area contributed by atoms with Gasteiger partial charge in [0.15, 0.2) is 5.78 Å². The van der Waals surface area contributed by atoms with Gasteiger partial charge in [0.05, 0.1) is 13.2 Å². The summed E-state index contributed by atoms with van der Waals surface area (Å²) >= 11 is 0. The molecule has 0 aliphatic carbocycles. The van der Waals surface area contributed by atoms with Gasteiger partial charge in [-0.15, -0.1) is 0 Å². The number of hydrogen-bond donors (Lipinski definition) is 3. The van der Waals surface area contributed by atoms with Gasteiger partial charge in [-0.3, -0.25) is 33.7 Å². The van der Waals surface area contributed by atoms with Crippen molar-refractivity contribution in [2.24, 2.45) is 0 Å². The number of nitrogens with one attached hydrogen (secondary N) is 2. The first-order valence-electron chi connectivity index (χ1n) is 12.2. The normalized spacial score (nSPS) is 13.7. The molecule has 1 unspecified atom stereocenters. The summed E-state index contributed by atoms with van der Waals surface area (Å²) in [5.41, 5.74) is 0. The van der Waals surface area contributed by atoms with E-state index in [2.05, 4.69) is 10.6 Å². The molecule has 36 heavy (non-hydrogen) atoms. The first kappa shape index (κ1) is 31.8. The number of aliphatic hydroxyl groups is 1. The van der Waals surface area contributed by atoms with E-state index >= 15 is 0 Å². The van der Waals surface area contributed by atoms with Crippen LogP contribution in [0.1, 0.15) is 64.7 Å². The van der Waals surface area contributed by atoms with Crippen molar-refractivity contribution < 1.29 is 33.9 Å². The van der Waals surface area contributed by atoms with Gasteiger partial charge >= 0.3 is 0 Å². The molecule has 0 aromatic heterocycles. The number of carbonyl (C=O) groups is 6. The van der Waals surface area contributed by atoms with Crippen molar-refractivity contribution in [2.75, 3.05) is 32.0 Å². The average Bonchev–Trinajstić information content (AvgIpc) is 3.18. The quantitative estimate of drug-likeness (QED) is 0.111. The fourth-order valence-corrected chi connectivity index (χ4v) is 5.24. The van der Waals surface area contributed by atoms with Gasteiger partial charge in [-0.05, 0) is 19.3 Å². The van der Waals surface area contributed by atoms with Gasteiger partial charge in [-0.1, -0.05) is 34.9 Å². The molecule has 0 spiro atoms. The monoisotopic (exact) mass is 543 g/mol. The fraction of sp³-hybridized carbons (Fsp3) is 0.667. The number of ketones is 2. The molecule has 10 nitrogen and oxygen atoms in total. The highest BCUT2D eigenvalue weighted by Gasteiger charge is 2.22. The van der Waals surface area contributed by atoms with E-state index < -0.39 is 0 Å². The molecule has 0 saturated carbocycles. The molecule has 0 bridgehead atoms. The number of carbonyl (C=O) groups excluding carboxylic acids is 6. The van der Waals surface area contributed by atoms with Crippen LogP contribution in [0, 0.1) is 0 Å². The maximum absolute atomic E-state index is 11.9. The minimum atomic E-state index is -0.384. The summed E-state index contributed by atoms with van der Waals surface area (Å²) in [6.07, 6.45) is 5.72. The molecule has 1 aliphatic rings. The Bertz CT molecular complexity index is 787. The summed E-state index contributed by atoms with van der Waals surface area (Å²) < 4.78 is 0. The van der Waals surface area contributed by atoms with E-state index in [-0.39, 0.29) is 79.3 Å². The molecule has 3 N–H and O–H groups in total. The zero-order valence-electron chi connectivity index (χ0n) is 20.8. The number of rotatable bonds is 21. The third kappa shape index (κ3) is 15.0. The Labute approximate surface area is 220 Å². The molecule has 1 rings (SSSR count). The van der Waals surface area contributed by atoms with Gasteiger partial charge in [-0.2, -0.15) is 0 Å². The highest BCUT2D eigenvalue weighted by Crippen LogP contribution is 2.26. The maximum atomic E-state index is 11.9. The largest absolute Gasteiger partial charge is 0.395 e. The SMILES string of the molecule is CC(CO)SSCCCNC(=O)CCC(=O)CNC(=O)CCC(=O)CCCCCN1C(=O)C=CC1=O. The standard InChI is InChI=1S/C24H37N3O7S2/c1-18(17-28)36-35-15-5-13-25-21(31)10-8-20(30)16-26-22(32)9-7-19(29)6-3-2-4-14-27-23(33)11-12-24(27)34/h11-12,18,28H,2-10,13-17H2,1H3,(H,25,31)(H,26,32). The van der Waals surface area contributed by atoms with Gasteiger partial charge in [0.1, 0.15) is 5.78 Å². The number of amides is 4. The van der Waals surface area contributed by atoms with E-state index in [0.717, 1.165) is 12.2 Å². The van der Waals surface area contributed by atoms with Crippen LogP contribution in [0.5, 0.6) is 0 Å². The minimum absolute atomic E-state index is 0.00241. The highest BCUT2D eigenvalue weighted by molar-refractivity contribution is 8.76. The molecular weight excluding hydrogens is 506 g/mol. The molecule has 202 valence electrons. The molecule has 0 aromatic rings. The van der Waals surface area contributed by atoms with Crippen LogP contribution in [0.3, 0.4) is 0 Å². The Morgan fingerprint density at radius 1 is 0.861 bits per heavy atom. The number of aliphatic hydroxyl groups excluding tert-OH is 1. The van der Waals surface area contributed by atoms with Crippen LogP contribution < -0.4 is 10.6 Å². The number of nitrogens with zero attached hydrogens (tertiary/aromatic N) is 1. The second kappa shape index (κ2) is 19.0. The van der Waals surface area contributed by atoms with Gasteiger partial charge in [0.2, 0.25) is 11.8 Å². The summed E-state index contributed by atoms with van der Waals surface area (Å²) in [6.45, 7) is 2.76. The Morgan fingerprint density at radius 2 is 1.50 bits per heavy atom. The van der Waals surface area contributed by atoms with Crippen molar-refractivity contribution in [3.8, 4) is 0 Å². The molecule has 0 fully saturated rings. The van der Waals surface area contributed by atoms with Crippen molar-refractivity contribution in [1.29, 1.82) is 0 Å². The third-order valence-electron chi connectivity index (χ3n) is 5.20. The second-order valence-corrected chi connectivity index (χ2v) is 11.4. The Hall–Kier alpha value is -2.18. The number of imide groups is 1. The maximum Gasteiger partial charge on any atom is 0.253 e. The Morgan fingerprint density at radius 3 is 2.17 bits per heavy atom. The lowest BCUT2D eigenvalue weighted by Crippen LogP contribution is -2.31. The van der Waals surface area contributed by atoms with Crippen molar-refractivity contribution in [2.45, 2.75) is 70.0 Å². The zero-order valence-corrected chi connectivity index (χ0v) is 22.4. The lowest BCUT2D eigenvalue weighted by atomic mass is 10.1. The van der Waals surface area contributed by atoms with Crippen molar-refractivity contribution >= 4 is 56.8 Å². The highest BCUT2D eigenvalue weighted by atomic mass is 33.1. The van der Waals surface area contributed by atoms with Crippen molar-refractivity contribution in [1.82, 2.24) is 15.5 Å². The number of Topliss-reactive ketones (excluding diaryl/α,β-unsaturated/α-hetero) is 2. The average molecular weight is 544 g/mol. The van der Waals surface area contributed by atoms with Crippen molar-refractivity contribution in [3.63, 3.8) is 0 Å². The lowest BCUT2D eigenvalue weighted by molar-refractivity contribution is -0.137. The van der Waals surface area contributed by atoms with E-state index in [1.54, 1.807) is 21.6 Å². The summed E-state index contributed by atoms with van der Waals surface area (Å²) in [5.74, 6) is -0.668. The third-order valence-corrected chi connectivity index (χ3v) is 8.16. The molecule has 1 heterocycles. The van der Waals surface area contributed by atoms with E-state index in [0.29, 0.717) is 38.8 Å². The van der Waals surface area contributed by atoms with Crippen LogP contribution in [0.25, 0.3) is 0 Å². The predicted molar refractivity (Wildman–Crippen MR) is 140 cm³/mol. The van der Waals surface area contributed by atoms with E-state index in [4.69, 9.17) is 5.11 Å². The summed E-state index contributed by atoms with van der Waals surface area (Å²) in [5, 5.41) is 14.4. The molecule has 0 radical (unpaired) electrons. The van der Waals surface area contributed by atoms with Crippen LogP contribution in [-0.2, 0) is 28.8 Å². The van der Waals surface area contributed by atoms with E-state index in [1.807, 2.05) is 6.92 Å². The fourth-order valence-electron chi connectivity index (χ4n) is 3.07. The minimum Gasteiger partial charge on any atom is -0.395 e. The van der Waals surface area contributed by atoms with Gasteiger partial charge in [0, 0.05) is 68.3 Å². The van der Waals surface area contributed by atoms with Crippen LogP contribution in [0.2, 0.25) is 0 Å². The predicted octanol–water partition coefficient (Wildman–Crippen LogP) is 1.56. The Balaban J connectivity index is 1.99. The van der Waals surface area contributed by atoms with Gasteiger partial charge < -0.3 is 15.7 Å². The molecular formula is C24H37N3O7S2. The molecule has 12 heteroatoms. The van der Waals surface area contributed by atoms with Gasteiger partial charge in [0.25, 0.3) is 11.8 Å². The van der Waals surface area contributed by atoms with Crippen LogP contribution in [0.4, 0.5) is 0 Å². The topological polar surface area (TPSA) is 150 Å². The molecule has 1 atom stereocenters. The second-order valence-electron chi connectivity index (χ2n) is 8.44. The van der Waals surface area contributed by atoms with Crippen LogP contribution >= 0.6 is 21.6 Å². The Kier molecular flexibility index (Phi) is 16.8. The molecule has 4 amide bonds. The lowest BCUT2D eigenvalue weighted by Gasteiger charge is -2.12. The smallest absolute Gasteiger partial charge is 0.253 e. The van der Waals surface area contributed by atoms with Crippen molar-refractivity contribution in [3.05, 3.63) is 12.2 Å². The summed E-state index contributed by atoms with van der Waals surface area (Å²) in [7, 11) is 3.25. The molecule has 0 saturated heterocycles. The van der Waals surface area contributed by atoms with E-state index in [9.17, 15) is 28.8 Å². The number of unbranched alkanes of at least 4 members (excludes halogenated alkanes) is 2. The van der Waals surface area contributed by atoms with Gasteiger partial charge in [-0.25, -0.2) is 0 Å².